The number of methoxy groups -OCH3 is 2. The molecular formula is C14H30N2O2. The number of likely N-dealkylation sites (tertiary alicyclic amines) is 1. The maximum absolute atomic E-state index is 6.09. The van der Waals surface area contributed by atoms with Crippen LogP contribution in [0.1, 0.15) is 33.6 Å². The zero-order valence-electron chi connectivity index (χ0n) is 12.7. The standard InChI is InChI=1S/C14H30N2O2/c1-12(2)14(9-15,11-17-4)16-8-6-7-13(3,10-16)18-5/h12H,6-11,15H2,1-5H3. The van der Waals surface area contributed by atoms with E-state index in [0.29, 0.717) is 19.1 Å². The van der Waals surface area contributed by atoms with Crippen LogP contribution < -0.4 is 5.73 Å². The molecule has 1 aliphatic heterocycles. The summed E-state index contributed by atoms with van der Waals surface area (Å²) in [5, 5.41) is 0. The molecule has 4 nitrogen and oxygen atoms in total. The first-order valence-electron chi connectivity index (χ1n) is 6.93. The molecule has 0 spiro atoms. The summed E-state index contributed by atoms with van der Waals surface area (Å²) >= 11 is 0. The van der Waals surface area contributed by atoms with Crippen LogP contribution in [0.3, 0.4) is 0 Å². The molecular weight excluding hydrogens is 228 g/mol. The van der Waals surface area contributed by atoms with Crippen molar-refractivity contribution in [2.45, 2.75) is 44.8 Å². The van der Waals surface area contributed by atoms with Crippen molar-refractivity contribution in [2.24, 2.45) is 11.7 Å². The highest BCUT2D eigenvalue weighted by molar-refractivity contribution is 4.99. The van der Waals surface area contributed by atoms with Gasteiger partial charge in [-0.1, -0.05) is 13.8 Å². The SMILES string of the molecule is COCC(CN)(C(C)C)N1CCCC(C)(OC)C1. The molecule has 4 heteroatoms. The number of hydrogen-bond donors (Lipinski definition) is 1. The monoisotopic (exact) mass is 258 g/mol. The van der Waals surface area contributed by atoms with E-state index >= 15 is 0 Å². The van der Waals surface area contributed by atoms with Crippen molar-refractivity contribution in [2.75, 3.05) is 40.5 Å². The maximum Gasteiger partial charge on any atom is 0.0777 e. The van der Waals surface area contributed by atoms with Crippen LogP contribution in [0.4, 0.5) is 0 Å². The molecule has 2 atom stereocenters. The van der Waals surface area contributed by atoms with Crippen molar-refractivity contribution in [1.82, 2.24) is 4.90 Å². The Morgan fingerprint density at radius 1 is 1.39 bits per heavy atom. The Morgan fingerprint density at radius 2 is 2.06 bits per heavy atom. The molecule has 18 heavy (non-hydrogen) atoms. The van der Waals surface area contributed by atoms with Crippen molar-refractivity contribution in [1.29, 1.82) is 0 Å². The van der Waals surface area contributed by atoms with E-state index in [1.807, 2.05) is 0 Å². The van der Waals surface area contributed by atoms with Gasteiger partial charge in [-0.05, 0) is 32.2 Å². The first-order chi connectivity index (χ1) is 8.44. The van der Waals surface area contributed by atoms with E-state index in [9.17, 15) is 0 Å². The summed E-state index contributed by atoms with van der Waals surface area (Å²) in [6.45, 7) is 9.96. The summed E-state index contributed by atoms with van der Waals surface area (Å²) in [5.74, 6) is 0.460. The maximum atomic E-state index is 6.09. The van der Waals surface area contributed by atoms with Crippen molar-refractivity contribution >= 4 is 0 Å². The van der Waals surface area contributed by atoms with Crippen LogP contribution in [-0.2, 0) is 9.47 Å². The van der Waals surface area contributed by atoms with Crippen molar-refractivity contribution in [3.05, 3.63) is 0 Å². The number of piperidine rings is 1. The van der Waals surface area contributed by atoms with E-state index in [4.69, 9.17) is 15.2 Å². The summed E-state index contributed by atoms with van der Waals surface area (Å²) in [6, 6.07) is 0. The molecule has 108 valence electrons. The zero-order valence-corrected chi connectivity index (χ0v) is 12.7. The molecule has 0 aliphatic carbocycles. The third-order valence-electron chi connectivity index (χ3n) is 4.60. The molecule has 0 saturated carbocycles. The normalized spacial score (nSPS) is 29.5. The first kappa shape index (κ1) is 15.9. The number of hydrogen-bond acceptors (Lipinski definition) is 4. The van der Waals surface area contributed by atoms with Crippen molar-refractivity contribution < 1.29 is 9.47 Å². The second-order valence-electron chi connectivity index (χ2n) is 6.07. The fraction of sp³-hybridized carbons (Fsp3) is 1.00. The minimum atomic E-state index is -0.0744. The van der Waals surface area contributed by atoms with E-state index in [0.717, 1.165) is 25.9 Å². The zero-order chi connectivity index (χ0) is 13.8. The largest absolute Gasteiger partial charge is 0.383 e. The van der Waals surface area contributed by atoms with E-state index in [1.54, 1.807) is 14.2 Å². The minimum Gasteiger partial charge on any atom is -0.383 e. The van der Waals surface area contributed by atoms with E-state index < -0.39 is 0 Å². The van der Waals surface area contributed by atoms with Gasteiger partial charge in [0, 0.05) is 27.3 Å². The molecule has 1 aliphatic rings. The summed E-state index contributed by atoms with van der Waals surface area (Å²) in [4.78, 5) is 2.48. The second-order valence-corrected chi connectivity index (χ2v) is 6.07. The average Bonchev–Trinajstić information content (AvgIpc) is 2.35. The molecule has 0 aromatic rings. The summed E-state index contributed by atoms with van der Waals surface area (Å²) in [5.41, 5.74) is 5.96. The Hall–Kier alpha value is -0.160. The lowest BCUT2D eigenvalue weighted by Gasteiger charge is -2.51. The van der Waals surface area contributed by atoms with Gasteiger partial charge >= 0.3 is 0 Å². The van der Waals surface area contributed by atoms with Gasteiger partial charge in [0.15, 0.2) is 0 Å². The molecule has 1 saturated heterocycles. The molecule has 0 amide bonds. The fourth-order valence-electron chi connectivity index (χ4n) is 3.05. The predicted octanol–water partition coefficient (Wildman–Crippen LogP) is 1.49. The molecule has 2 N–H and O–H groups in total. The lowest BCUT2D eigenvalue weighted by Crippen LogP contribution is -2.65. The van der Waals surface area contributed by atoms with Gasteiger partial charge < -0.3 is 15.2 Å². The summed E-state index contributed by atoms with van der Waals surface area (Å²) in [7, 11) is 3.56. The Labute approximate surface area is 112 Å². The number of nitrogens with two attached hydrogens (primary N) is 1. The van der Waals surface area contributed by atoms with Crippen LogP contribution >= 0.6 is 0 Å². The molecule has 1 heterocycles. The van der Waals surface area contributed by atoms with Crippen LogP contribution in [-0.4, -0.2) is 56.5 Å². The number of nitrogens with zero attached hydrogens (tertiary/aromatic N) is 1. The third kappa shape index (κ3) is 3.05. The quantitative estimate of drug-likeness (QED) is 0.784. The summed E-state index contributed by atoms with van der Waals surface area (Å²) in [6.07, 6.45) is 2.27. The summed E-state index contributed by atoms with van der Waals surface area (Å²) < 4.78 is 11.1. The van der Waals surface area contributed by atoms with E-state index in [2.05, 4.69) is 25.7 Å². The molecule has 2 unspecified atom stereocenters. The van der Waals surface area contributed by atoms with Crippen LogP contribution in [0.25, 0.3) is 0 Å². The van der Waals surface area contributed by atoms with E-state index in [-0.39, 0.29) is 11.1 Å². The van der Waals surface area contributed by atoms with Gasteiger partial charge in [-0.15, -0.1) is 0 Å². The lowest BCUT2D eigenvalue weighted by atomic mass is 9.81. The predicted molar refractivity (Wildman–Crippen MR) is 74.7 cm³/mol. The van der Waals surface area contributed by atoms with Crippen LogP contribution in [0, 0.1) is 5.92 Å². The van der Waals surface area contributed by atoms with Gasteiger partial charge in [0.1, 0.15) is 0 Å². The molecule has 0 aromatic heterocycles. The highest BCUT2D eigenvalue weighted by Gasteiger charge is 2.43. The van der Waals surface area contributed by atoms with Crippen molar-refractivity contribution in [3.8, 4) is 0 Å². The van der Waals surface area contributed by atoms with Gasteiger partial charge in [0.2, 0.25) is 0 Å². The van der Waals surface area contributed by atoms with Gasteiger partial charge in [-0.25, -0.2) is 0 Å². The molecule has 0 radical (unpaired) electrons. The smallest absolute Gasteiger partial charge is 0.0777 e. The van der Waals surface area contributed by atoms with Gasteiger partial charge in [-0.2, -0.15) is 0 Å². The van der Waals surface area contributed by atoms with Crippen LogP contribution in [0.2, 0.25) is 0 Å². The van der Waals surface area contributed by atoms with Gasteiger partial charge in [0.05, 0.1) is 17.7 Å². The molecule has 1 rings (SSSR count). The highest BCUT2D eigenvalue weighted by Crippen LogP contribution is 2.32. The Bertz CT molecular complexity index is 260. The molecule has 1 fully saturated rings. The highest BCUT2D eigenvalue weighted by atomic mass is 16.5. The number of rotatable bonds is 6. The second kappa shape index (κ2) is 6.33. The lowest BCUT2D eigenvalue weighted by molar-refractivity contribution is -0.105. The first-order valence-corrected chi connectivity index (χ1v) is 6.93. The average molecular weight is 258 g/mol. The fourth-order valence-corrected chi connectivity index (χ4v) is 3.05. The van der Waals surface area contributed by atoms with Gasteiger partial charge in [-0.3, -0.25) is 4.90 Å². The Balaban J connectivity index is 2.91. The topological polar surface area (TPSA) is 47.7 Å². The van der Waals surface area contributed by atoms with Crippen LogP contribution in [0.15, 0.2) is 0 Å². The van der Waals surface area contributed by atoms with Gasteiger partial charge in [0.25, 0.3) is 0 Å². The van der Waals surface area contributed by atoms with E-state index in [1.165, 1.54) is 0 Å². The molecule has 0 bridgehead atoms. The Morgan fingerprint density at radius 3 is 2.50 bits per heavy atom. The minimum absolute atomic E-state index is 0.0543. The Kier molecular flexibility index (Phi) is 5.59. The third-order valence-corrected chi connectivity index (χ3v) is 4.60. The van der Waals surface area contributed by atoms with Crippen LogP contribution in [0.5, 0.6) is 0 Å². The molecule has 0 aromatic carbocycles. The van der Waals surface area contributed by atoms with Crippen molar-refractivity contribution in [3.63, 3.8) is 0 Å². The number of ether oxygens (including phenoxy) is 2.